The van der Waals surface area contributed by atoms with E-state index >= 15 is 0 Å². The summed E-state index contributed by atoms with van der Waals surface area (Å²) in [6, 6.07) is 2.84. The molecule has 4 nitrogen and oxygen atoms in total. The number of ketones is 1. The number of carbonyl (C=O) groups is 1. The zero-order valence-electron chi connectivity index (χ0n) is 37.1. The van der Waals surface area contributed by atoms with Crippen molar-refractivity contribution in [3.8, 4) is 0 Å². The van der Waals surface area contributed by atoms with E-state index in [-0.39, 0.29) is 17.2 Å². The first kappa shape index (κ1) is 60.1. The highest BCUT2D eigenvalue weighted by Gasteiger charge is 2.47. The predicted octanol–water partition coefficient (Wildman–Crippen LogP) is 12.5. The van der Waals surface area contributed by atoms with Crippen LogP contribution < -0.4 is 26.4 Å². The summed E-state index contributed by atoms with van der Waals surface area (Å²) in [5.41, 5.74) is -29.8. The Morgan fingerprint density at radius 2 is 0.632 bits per heavy atom. The molecule has 0 saturated carbocycles. The minimum absolute atomic E-state index is 0.123. The molecule has 0 aliphatic heterocycles. The number of aromatic nitrogens is 1. The van der Waals surface area contributed by atoms with Crippen LogP contribution in [0.15, 0.2) is 133 Å². The molecule has 0 bridgehead atoms. The monoisotopic (exact) mass is 1140 g/mol. The molecule has 0 radical (unpaired) electrons. The van der Waals surface area contributed by atoms with Crippen LogP contribution in [0.2, 0.25) is 0 Å². The predicted molar refractivity (Wildman–Crippen MR) is 221 cm³/mol. The summed E-state index contributed by atoms with van der Waals surface area (Å²) in [6.45, 7) is 0.189. The zero-order chi connectivity index (χ0) is 57.8. The van der Waals surface area contributed by atoms with Crippen molar-refractivity contribution in [2.75, 3.05) is 6.26 Å². The molecule has 6 aromatic rings. The summed E-state index contributed by atoms with van der Waals surface area (Å²) in [7, 11) is -3.29. The van der Waals surface area contributed by atoms with Gasteiger partial charge in [-0.3, -0.25) is 4.79 Å². The highest BCUT2D eigenvalue weighted by atomic mass is 32.2. The van der Waals surface area contributed by atoms with E-state index in [9.17, 15) is 119 Å². The van der Waals surface area contributed by atoms with Crippen LogP contribution in [0, 0.1) is 0 Å². The van der Waals surface area contributed by atoms with Gasteiger partial charge >= 0.3 is 49.4 Å². The Kier molecular flexibility index (Phi) is 16.1. The maximum atomic E-state index is 14.2. The summed E-state index contributed by atoms with van der Waals surface area (Å²) in [5.74, 6) is -0.123. The molecule has 410 valence electrons. The topological polar surface area (TPSA) is 55.1 Å². The molecule has 0 unspecified atom stereocenters. The van der Waals surface area contributed by atoms with Crippen LogP contribution in [0.4, 0.5) is 105 Å². The number of pyridine rings is 1. The fraction of sp³-hybridized carbons (Fsp3) is 0.217. The number of rotatable bonds is 8. The van der Waals surface area contributed by atoms with Gasteiger partial charge < -0.3 is 0 Å². The molecule has 1 aromatic heterocycles. The van der Waals surface area contributed by atoms with Crippen molar-refractivity contribution in [2.24, 2.45) is 0 Å². The molecular formula is C46H26BF24NO3S. The van der Waals surface area contributed by atoms with Crippen molar-refractivity contribution in [1.29, 1.82) is 0 Å². The third-order valence-corrected chi connectivity index (χ3v) is 12.2. The Morgan fingerprint density at radius 3 is 0.855 bits per heavy atom. The summed E-state index contributed by atoms with van der Waals surface area (Å²) < 4.78 is 365. The van der Waals surface area contributed by atoms with Gasteiger partial charge in [0.2, 0.25) is 12.3 Å². The van der Waals surface area contributed by atoms with Gasteiger partial charge in [0.05, 0.1) is 49.4 Å². The van der Waals surface area contributed by atoms with Crippen LogP contribution >= 0.6 is 0 Å². The Bertz CT molecular complexity index is 2790. The first-order valence-corrected chi connectivity index (χ1v) is 22.3. The quantitative estimate of drug-likeness (QED) is 0.0660. The second kappa shape index (κ2) is 20.3. The normalized spacial score (nSPS) is 13.5. The summed E-state index contributed by atoms with van der Waals surface area (Å²) in [6.07, 6.45) is -50.1. The molecule has 1 heterocycles. The highest BCUT2D eigenvalue weighted by Crippen LogP contribution is 2.41. The SMILES string of the molecule is CS(=O)(=O)c1cccc(C(=O)C[n+]2ccccc2)c1.FC(F)(F)c1cc([B-](c2cc(C(F)(F)F)cc(C(F)(F)F)c2)(c2cc(C(F)(F)F)cc(C(F)(F)F)c2)c2cc(C(F)(F)F)cc(C(F)(F)F)c2)cc(C(F)(F)F)c1. The summed E-state index contributed by atoms with van der Waals surface area (Å²) in [5, 5.41) is 0. The van der Waals surface area contributed by atoms with E-state index in [4.69, 9.17) is 0 Å². The van der Waals surface area contributed by atoms with Gasteiger partial charge in [-0.2, -0.15) is 132 Å². The molecule has 6 rings (SSSR count). The molecule has 0 aliphatic carbocycles. The Hall–Kier alpha value is -6.75. The van der Waals surface area contributed by atoms with E-state index in [1.54, 1.807) is 29.1 Å². The van der Waals surface area contributed by atoms with E-state index in [1.165, 1.54) is 12.1 Å². The lowest BCUT2D eigenvalue weighted by Crippen LogP contribution is -2.75. The van der Waals surface area contributed by atoms with Crippen LogP contribution in [-0.2, 0) is 65.8 Å². The van der Waals surface area contributed by atoms with Gasteiger partial charge in [0.25, 0.3) is 0 Å². The Morgan fingerprint density at radius 1 is 0.382 bits per heavy atom. The molecular weight excluding hydrogens is 1110 g/mol. The minimum atomic E-state index is -6.13. The average Bonchev–Trinajstić information content (AvgIpc) is 3.27. The van der Waals surface area contributed by atoms with Gasteiger partial charge in [-0.15, -0.1) is 0 Å². The van der Waals surface area contributed by atoms with Crippen LogP contribution in [0.5, 0.6) is 0 Å². The number of sulfone groups is 1. The molecule has 5 aromatic carbocycles. The molecule has 0 N–H and O–H groups in total. The average molecular weight is 1140 g/mol. The maximum absolute atomic E-state index is 14.2. The van der Waals surface area contributed by atoms with Crippen LogP contribution in [0.25, 0.3) is 0 Å². The molecule has 0 fully saturated rings. The number of benzene rings is 5. The zero-order valence-corrected chi connectivity index (χ0v) is 37.9. The van der Waals surface area contributed by atoms with Gasteiger partial charge in [-0.05, 0) is 36.4 Å². The van der Waals surface area contributed by atoms with Gasteiger partial charge in [0, 0.05) is 24.0 Å². The van der Waals surface area contributed by atoms with Crippen molar-refractivity contribution in [3.05, 3.63) is 178 Å². The van der Waals surface area contributed by atoms with Crippen molar-refractivity contribution in [3.63, 3.8) is 0 Å². The summed E-state index contributed by atoms with van der Waals surface area (Å²) >= 11 is 0. The largest absolute Gasteiger partial charge is 0.416 e. The first-order valence-electron chi connectivity index (χ1n) is 20.4. The van der Waals surface area contributed by atoms with Gasteiger partial charge in [0.15, 0.2) is 22.2 Å². The number of Topliss-reactive ketones (excluding diaryl/α,β-unsaturated/α-hetero) is 1. The molecule has 0 spiro atoms. The van der Waals surface area contributed by atoms with E-state index in [2.05, 4.69) is 0 Å². The third kappa shape index (κ3) is 14.0. The van der Waals surface area contributed by atoms with E-state index in [0.717, 1.165) is 6.26 Å². The Labute approximate surface area is 411 Å². The number of alkyl halides is 24. The van der Waals surface area contributed by atoms with Gasteiger partial charge in [-0.25, -0.2) is 8.42 Å². The molecule has 0 amide bonds. The maximum Gasteiger partial charge on any atom is 0.416 e. The van der Waals surface area contributed by atoms with Crippen molar-refractivity contribution in [1.82, 2.24) is 0 Å². The molecule has 0 saturated heterocycles. The van der Waals surface area contributed by atoms with Crippen LogP contribution in [0.1, 0.15) is 54.9 Å². The Balaban J connectivity index is 0.000000468. The van der Waals surface area contributed by atoms with Crippen molar-refractivity contribution < 1.29 is 123 Å². The lowest BCUT2D eigenvalue weighted by Gasteiger charge is -2.46. The van der Waals surface area contributed by atoms with Gasteiger partial charge in [0.1, 0.15) is 6.15 Å². The standard InChI is InChI=1S/C32H12BF24.C14H14NO3S/c34-25(35,36)13-1-14(26(37,38)39)6-21(5-13)33(22-7-15(27(40,41)42)2-16(8-22)28(43,44)45,23-9-17(29(46,47)48)3-18(10-23)30(49,50)51)24-11-19(31(52,53)54)4-20(12-24)32(55,56)57;1-19(17,18)13-7-5-6-12(10-13)14(16)11-15-8-3-2-4-9-15/h1-12H;2-10H,11H2,1H3/q-1;+1. The lowest BCUT2D eigenvalue weighted by molar-refractivity contribution is -0.683. The second-order valence-corrected chi connectivity index (χ2v) is 18.5. The van der Waals surface area contributed by atoms with Crippen LogP contribution in [-0.4, -0.2) is 26.6 Å². The second-order valence-electron chi connectivity index (χ2n) is 16.5. The first-order chi connectivity index (χ1) is 34.2. The number of hydrogen-bond donors (Lipinski definition) is 0. The number of hydrogen-bond acceptors (Lipinski definition) is 3. The fourth-order valence-corrected chi connectivity index (χ4v) is 8.43. The van der Waals surface area contributed by atoms with Crippen molar-refractivity contribution in [2.45, 2.75) is 60.9 Å². The number of carbonyl (C=O) groups excluding carboxylic acids is 1. The highest BCUT2D eigenvalue weighted by molar-refractivity contribution is 7.90. The molecule has 76 heavy (non-hydrogen) atoms. The van der Waals surface area contributed by atoms with E-state index < -0.39 is 205 Å². The number of halogens is 24. The van der Waals surface area contributed by atoms with E-state index in [1.807, 2.05) is 18.2 Å². The molecule has 0 aliphatic rings. The molecule has 0 atom stereocenters. The van der Waals surface area contributed by atoms with Gasteiger partial charge in [-0.1, -0.05) is 66.7 Å². The molecule has 30 heteroatoms. The van der Waals surface area contributed by atoms with Crippen LogP contribution in [0.3, 0.4) is 0 Å². The smallest absolute Gasteiger partial charge is 0.287 e. The van der Waals surface area contributed by atoms with E-state index in [0.29, 0.717) is 5.56 Å². The lowest BCUT2D eigenvalue weighted by atomic mass is 9.12. The fourth-order valence-electron chi connectivity index (χ4n) is 7.77. The number of nitrogens with zero attached hydrogens (tertiary/aromatic N) is 1. The summed E-state index contributed by atoms with van der Waals surface area (Å²) in [4.78, 5) is 12.2. The third-order valence-electron chi connectivity index (χ3n) is 11.1. The minimum Gasteiger partial charge on any atom is -0.287 e. The van der Waals surface area contributed by atoms with Crippen molar-refractivity contribution >= 4 is 43.6 Å².